The molecule has 1 rings (SSSR count). The van der Waals surface area contributed by atoms with Crippen molar-refractivity contribution < 1.29 is 0 Å². The smallest absolute Gasteiger partial charge is 0.0918 e. The Morgan fingerprint density at radius 3 is 1.96 bits per heavy atom. The number of terminal acetylenes is 1. The lowest BCUT2D eigenvalue weighted by Crippen LogP contribution is -2.38. The monoisotopic (exact) mass is 329 g/mol. The molecule has 0 bridgehead atoms. The molecule has 1 heteroatoms. The van der Waals surface area contributed by atoms with Crippen molar-refractivity contribution in [2.45, 2.75) is 87.6 Å². The van der Waals surface area contributed by atoms with Gasteiger partial charge < -0.3 is 4.90 Å². The highest BCUT2D eigenvalue weighted by molar-refractivity contribution is 5.41. The van der Waals surface area contributed by atoms with Gasteiger partial charge >= 0.3 is 0 Å². The molecule has 1 saturated heterocycles. The Kier molecular flexibility index (Phi) is 5.76. The lowest BCUT2D eigenvalue weighted by Gasteiger charge is -2.37. The first-order valence-electron chi connectivity index (χ1n) is 9.25. The molecule has 0 amide bonds. The normalized spacial score (nSPS) is 21.8. The van der Waals surface area contributed by atoms with E-state index in [0.29, 0.717) is 10.8 Å². The number of hydrogen-bond donors (Lipinski definition) is 0. The first kappa shape index (κ1) is 20.9. The highest BCUT2D eigenvalue weighted by Gasteiger charge is 2.44. The fourth-order valence-electron chi connectivity index (χ4n) is 3.86. The van der Waals surface area contributed by atoms with Crippen LogP contribution in [0.3, 0.4) is 0 Å². The number of allylic oxidation sites excluding steroid dienone is 4. The molecule has 0 aromatic rings. The molecule has 0 aliphatic carbocycles. The van der Waals surface area contributed by atoms with Crippen LogP contribution in [-0.2, 0) is 0 Å². The summed E-state index contributed by atoms with van der Waals surface area (Å²) in [6.45, 7) is 23.9. The van der Waals surface area contributed by atoms with E-state index in [4.69, 9.17) is 6.42 Å². The van der Waals surface area contributed by atoms with Gasteiger partial charge in [-0.15, -0.1) is 6.42 Å². The van der Waals surface area contributed by atoms with Gasteiger partial charge in [-0.2, -0.15) is 0 Å². The summed E-state index contributed by atoms with van der Waals surface area (Å²) in [5, 5.41) is 0. The first-order valence-corrected chi connectivity index (χ1v) is 9.25. The zero-order valence-corrected chi connectivity index (χ0v) is 17.8. The van der Waals surface area contributed by atoms with Crippen molar-refractivity contribution in [3.63, 3.8) is 0 Å². The van der Waals surface area contributed by atoms with Crippen molar-refractivity contribution in [3.8, 4) is 12.3 Å². The van der Waals surface area contributed by atoms with Gasteiger partial charge in [0.25, 0.3) is 0 Å². The fourth-order valence-corrected chi connectivity index (χ4v) is 3.86. The van der Waals surface area contributed by atoms with Crippen LogP contribution in [0.2, 0.25) is 0 Å². The molecule has 24 heavy (non-hydrogen) atoms. The topological polar surface area (TPSA) is 3.24 Å². The standard InChI is InChI=1S/C23H39N/c1-12-19(24-17-22(8,9)16-23(24,10)11)18(21(5,6)7)14-13-15-20(2,3)4/h1,13-14H,15-17H2,2-11H3/b14-13-,19-18-. The second-order valence-electron chi connectivity index (χ2n) is 11.1. The summed E-state index contributed by atoms with van der Waals surface area (Å²) in [7, 11) is 0. The van der Waals surface area contributed by atoms with Crippen LogP contribution in [0, 0.1) is 28.6 Å². The predicted octanol–water partition coefficient (Wildman–Crippen LogP) is 6.42. The molecule has 0 unspecified atom stereocenters. The second kappa shape index (κ2) is 6.62. The summed E-state index contributed by atoms with van der Waals surface area (Å²) in [4.78, 5) is 2.47. The maximum Gasteiger partial charge on any atom is 0.0918 e. The Morgan fingerprint density at radius 2 is 1.62 bits per heavy atom. The van der Waals surface area contributed by atoms with E-state index in [0.717, 1.165) is 25.1 Å². The van der Waals surface area contributed by atoms with Crippen molar-refractivity contribution in [2.24, 2.45) is 16.2 Å². The Labute approximate surface area is 151 Å². The van der Waals surface area contributed by atoms with Gasteiger partial charge in [-0.25, -0.2) is 0 Å². The molecule has 0 aromatic heterocycles. The van der Waals surface area contributed by atoms with Gasteiger partial charge in [-0.3, -0.25) is 0 Å². The Balaban J connectivity index is 3.36. The molecule has 1 heterocycles. The van der Waals surface area contributed by atoms with Crippen LogP contribution in [0.1, 0.15) is 82.1 Å². The van der Waals surface area contributed by atoms with Gasteiger partial charge in [-0.05, 0) is 48.5 Å². The highest BCUT2D eigenvalue weighted by Crippen LogP contribution is 2.45. The van der Waals surface area contributed by atoms with E-state index in [9.17, 15) is 0 Å². The van der Waals surface area contributed by atoms with E-state index in [1.807, 2.05) is 0 Å². The minimum absolute atomic E-state index is 0.0267. The number of hydrogen-bond acceptors (Lipinski definition) is 1. The molecule has 1 fully saturated rings. The summed E-state index contributed by atoms with van der Waals surface area (Å²) in [5.74, 6) is 3.05. The van der Waals surface area contributed by atoms with Crippen LogP contribution < -0.4 is 0 Å². The molecule has 1 nitrogen and oxygen atoms in total. The Morgan fingerprint density at radius 1 is 1.08 bits per heavy atom. The Hall–Kier alpha value is -1.16. The molecule has 0 radical (unpaired) electrons. The number of likely N-dealkylation sites (tertiary alicyclic amines) is 1. The fraction of sp³-hybridized carbons (Fsp3) is 0.739. The molecular weight excluding hydrogens is 290 g/mol. The average molecular weight is 330 g/mol. The van der Waals surface area contributed by atoms with Crippen molar-refractivity contribution in [3.05, 3.63) is 23.4 Å². The zero-order chi connectivity index (χ0) is 19.0. The van der Waals surface area contributed by atoms with Gasteiger partial charge in [0.2, 0.25) is 0 Å². The highest BCUT2D eigenvalue weighted by atomic mass is 15.2. The minimum atomic E-state index is 0.0267. The first-order chi connectivity index (χ1) is 10.6. The summed E-state index contributed by atoms with van der Waals surface area (Å²) >= 11 is 0. The average Bonchev–Trinajstić information content (AvgIpc) is 2.54. The third-order valence-corrected chi connectivity index (χ3v) is 4.71. The van der Waals surface area contributed by atoms with Gasteiger partial charge in [-0.1, -0.05) is 73.5 Å². The molecule has 1 aliphatic rings. The van der Waals surface area contributed by atoms with Crippen LogP contribution in [0.4, 0.5) is 0 Å². The van der Waals surface area contributed by atoms with E-state index in [1.165, 1.54) is 5.57 Å². The molecule has 0 N–H and O–H groups in total. The van der Waals surface area contributed by atoms with Crippen molar-refractivity contribution in [2.75, 3.05) is 6.54 Å². The molecule has 136 valence electrons. The van der Waals surface area contributed by atoms with Crippen LogP contribution in [0.15, 0.2) is 23.4 Å². The van der Waals surface area contributed by atoms with E-state index < -0.39 is 0 Å². The van der Waals surface area contributed by atoms with Gasteiger partial charge in [0, 0.05) is 12.1 Å². The quantitative estimate of drug-likeness (QED) is 0.426. The van der Waals surface area contributed by atoms with Gasteiger partial charge in [0.15, 0.2) is 0 Å². The lowest BCUT2D eigenvalue weighted by molar-refractivity contribution is 0.230. The summed E-state index contributed by atoms with van der Waals surface area (Å²) < 4.78 is 0. The van der Waals surface area contributed by atoms with Crippen LogP contribution in [0.5, 0.6) is 0 Å². The van der Waals surface area contributed by atoms with Crippen LogP contribution in [0.25, 0.3) is 0 Å². The Bertz CT molecular complexity index is 550. The maximum absolute atomic E-state index is 6.03. The van der Waals surface area contributed by atoms with Crippen molar-refractivity contribution >= 4 is 0 Å². The molecule has 0 atom stereocenters. The predicted molar refractivity (Wildman–Crippen MR) is 108 cm³/mol. The maximum atomic E-state index is 6.03. The molecule has 0 spiro atoms. The van der Waals surface area contributed by atoms with E-state index in [2.05, 4.69) is 92.2 Å². The van der Waals surface area contributed by atoms with Crippen molar-refractivity contribution in [1.29, 1.82) is 0 Å². The summed E-state index contributed by atoms with van der Waals surface area (Å²) in [6, 6.07) is 0. The summed E-state index contributed by atoms with van der Waals surface area (Å²) in [5.41, 5.74) is 3.07. The van der Waals surface area contributed by atoms with E-state index >= 15 is 0 Å². The number of nitrogens with zero attached hydrogens (tertiary/aromatic N) is 1. The lowest BCUT2D eigenvalue weighted by atomic mass is 9.83. The van der Waals surface area contributed by atoms with E-state index in [-0.39, 0.29) is 11.0 Å². The molecule has 0 saturated carbocycles. The second-order valence-corrected chi connectivity index (χ2v) is 11.1. The molecule has 0 aromatic carbocycles. The third kappa shape index (κ3) is 5.44. The van der Waals surface area contributed by atoms with Gasteiger partial charge in [0.1, 0.15) is 0 Å². The van der Waals surface area contributed by atoms with Crippen LogP contribution >= 0.6 is 0 Å². The minimum Gasteiger partial charge on any atom is -0.359 e. The zero-order valence-electron chi connectivity index (χ0n) is 17.8. The van der Waals surface area contributed by atoms with Crippen molar-refractivity contribution in [1.82, 2.24) is 4.90 Å². The third-order valence-electron chi connectivity index (χ3n) is 4.71. The van der Waals surface area contributed by atoms with E-state index in [1.54, 1.807) is 0 Å². The SMILES string of the molecule is C#C/C(=C(\C=C/CC(C)(C)C)C(C)(C)C)N1CC(C)(C)CC1(C)C. The largest absolute Gasteiger partial charge is 0.359 e. The van der Waals surface area contributed by atoms with Gasteiger partial charge in [0.05, 0.1) is 5.70 Å². The summed E-state index contributed by atoms with van der Waals surface area (Å²) in [6.07, 6.45) is 12.8. The number of rotatable bonds is 3. The molecular formula is C23H39N. The molecule has 1 aliphatic heterocycles. The van der Waals surface area contributed by atoms with Crippen LogP contribution in [-0.4, -0.2) is 17.0 Å².